The molecule has 4 fully saturated rings. The maximum atomic E-state index is 4.30. The lowest BCUT2D eigenvalue weighted by Gasteiger charge is -2.57. The summed E-state index contributed by atoms with van der Waals surface area (Å²) in [6, 6.07) is 4.75. The van der Waals surface area contributed by atoms with E-state index in [4.69, 9.17) is 0 Å². The molecule has 0 aliphatic heterocycles. The minimum absolute atomic E-state index is 0.538. The van der Waals surface area contributed by atoms with Crippen LogP contribution in [0.4, 0.5) is 5.69 Å². The summed E-state index contributed by atoms with van der Waals surface area (Å²) in [5.74, 6) is 5.93. The topological polar surface area (TPSA) is 24.9 Å². The van der Waals surface area contributed by atoms with Crippen LogP contribution in [-0.2, 0) is 0 Å². The van der Waals surface area contributed by atoms with E-state index in [9.17, 15) is 0 Å². The van der Waals surface area contributed by atoms with Crippen LogP contribution in [0.3, 0.4) is 0 Å². The molecule has 8 atom stereocenters. The van der Waals surface area contributed by atoms with Crippen molar-refractivity contribution >= 4 is 5.69 Å². The van der Waals surface area contributed by atoms with Crippen molar-refractivity contribution in [2.45, 2.75) is 91.5 Å². The number of fused-ring (bicyclic) bond motifs is 5. The van der Waals surface area contributed by atoms with Gasteiger partial charge >= 0.3 is 0 Å². The van der Waals surface area contributed by atoms with Crippen LogP contribution in [0.15, 0.2) is 24.5 Å². The largest absolute Gasteiger partial charge is 0.381 e. The maximum absolute atomic E-state index is 4.30. The Bertz CT molecular complexity index is 713. The van der Waals surface area contributed by atoms with Gasteiger partial charge in [-0.15, -0.1) is 0 Å². The summed E-state index contributed by atoms with van der Waals surface area (Å²) >= 11 is 0. The highest BCUT2D eigenvalue weighted by molar-refractivity contribution is 5.41. The highest BCUT2D eigenvalue weighted by Gasteiger charge is 2.58. The molecule has 1 N–H and O–H groups in total. The number of pyridine rings is 1. The van der Waals surface area contributed by atoms with Gasteiger partial charge in [-0.1, -0.05) is 20.8 Å². The lowest BCUT2D eigenvalue weighted by atomic mass is 9.48. The van der Waals surface area contributed by atoms with Gasteiger partial charge in [0.05, 0.1) is 5.69 Å². The quantitative estimate of drug-likeness (QED) is 0.587. The molecule has 2 nitrogen and oxygen atoms in total. The van der Waals surface area contributed by atoms with Crippen LogP contribution < -0.4 is 5.32 Å². The zero-order chi connectivity index (χ0) is 20.2. The van der Waals surface area contributed by atoms with Crippen molar-refractivity contribution in [2.24, 2.45) is 46.3 Å². The average Bonchev–Trinajstić information content (AvgIpc) is 3.05. The highest BCUT2D eigenvalue weighted by Crippen LogP contribution is 2.65. The third kappa shape index (κ3) is 3.43. The fourth-order valence-electron chi connectivity index (χ4n) is 8.98. The average molecular weight is 395 g/mol. The van der Waals surface area contributed by atoms with Crippen molar-refractivity contribution in [3.8, 4) is 0 Å². The van der Waals surface area contributed by atoms with Gasteiger partial charge in [0.25, 0.3) is 0 Å². The monoisotopic (exact) mass is 394 g/mol. The van der Waals surface area contributed by atoms with E-state index in [2.05, 4.69) is 44.1 Å². The van der Waals surface area contributed by atoms with E-state index in [1.165, 1.54) is 63.5 Å². The minimum Gasteiger partial charge on any atom is -0.381 e. The highest BCUT2D eigenvalue weighted by atomic mass is 14.9. The fourth-order valence-corrected chi connectivity index (χ4v) is 8.98. The van der Waals surface area contributed by atoms with Crippen molar-refractivity contribution in [1.82, 2.24) is 4.98 Å². The predicted molar refractivity (Wildman–Crippen MR) is 122 cm³/mol. The third-order valence-corrected chi connectivity index (χ3v) is 10.2. The van der Waals surface area contributed by atoms with E-state index in [-0.39, 0.29) is 0 Å². The standard InChI is InChI=1S/C27H42N2/c1-18(29-20-6-5-15-28-17-20)24-9-10-25-23-8-7-19-16-26(2,3)13-11-21(19)22(23)12-14-27(24,25)4/h5-6,15,17-19,21-25,29H,7-14,16H2,1-4H3/t18-,19-,21+,22-,23-,24-,25+,27-/m1/s1. The molecule has 0 spiro atoms. The van der Waals surface area contributed by atoms with E-state index in [1.807, 2.05) is 18.5 Å². The van der Waals surface area contributed by atoms with Crippen LogP contribution in [0, 0.1) is 46.3 Å². The minimum atomic E-state index is 0.538. The second-order valence-electron chi connectivity index (χ2n) is 12.2. The van der Waals surface area contributed by atoms with Crippen LogP contribution in [0.2, 0.25) is 0 Å². The first-order valence-corrected chi connectivity index (χ1v) is 12.5. The van der Waals surface area contributed by atoms with Crippen molar-refractivity contribution < 1.29 is 0 Å². The molecule has 29 heavy (non-hydrogen) atoms. The fraction of sp³-hybridized carbons (Fsp3) is 0.815. The van der Waals surface area contributed by atoms with Gasteiger partial charge in [-0.25, -0.2) is 0 Å². The lowest BCUT2D eigenvalue weighted by molar-refractivity contribution is -0.0768. The summed E-state index contributed by atoms with van der Waals surface area (Å²) in [6.45, 7) is 10.1. The first kappa shape index (κ1) is 19.9. The molecule has 160 valence electrons. The van der Waals surface area contributed by atoms with Crippen molar-refractivity contribution in [1.29, 1.82) is 0 Å². The molecular weight excluding hydrogens is 352 g/mol. The second kappa shape index (κ2) is 7.27. The molecule has 1 aromatic heterocycles. The number of hydrogen-bond acceptors (Lipinski definition) is 2. The van der Waals surface area contributed by atoms with Crippen LogP contribution in [0.1, 0.15) is 85.5 Å². The molecular formula is C27H42N2. The van der Waals surface area contributed by atoms with E-state index < -0.39 is 0 Å². The Kier molecular flexibility index (Phi) is 4.99. The van der Waals surface area contributed by atoms with Gasteiger partial charge in [-0.3, -0.25) is 4.98 Å². The molecule has 2 heteroatoms. The van der Waals surface area contributed by atoms with Gasteiger partial charge in [0.1, 0.15) is 0 Å². The van der Waals surface area contributed by atoms with Gasteiger partial charge < -0.3 is 5.32 Å². The first-order valence-electron chi connectivity index (χ1n) is 12.5. The Hall–Kier alpha value is -1.05. The summed E-state index contributed by atoms with van der Waals surface area (Å²) in [4.78, 5) is 4.30. The molecule has 4 aliphatic rings. The normalized spacial score (nSPS) is 44.3. The van der Waals surface area contributed by atoms with Crippen LogP contribution in [0.25, 0.3) is 0 Å². The predicted octanol–water partition coefficient (Wildman–Crippen LogP) is 7.18. The SMILES string of the molecule is C[C@@H](Nc1cccnc1)[C@H]1CC[C@H]2[C@@H]3CC[C@@H]4CC(C)(C)CC[C@@H]4[C@H]3CC[C@]12C. The van der Waals surface area contributed by atoms with E-state index in [1.54, 1.807) is 0 Å². The zero-order valence-electron chi connectivity index (χ0n) is 19.2. The number of hydrogen-bond donors (Lipinski definition) is 1. The molecule has 0 bridgehead atoms. The van der Waals surface area contributed by atoms with Gasteiger partial charge in [-0.05, 0) is 123 Å². The van der Waals surface area contributed by atoms with E-state index in [0.29, 0.717) is 16.9 Å². The Balaban J connectivity index is 1.31. The number of aromatic nitrogens is 1. The summed E-state index contributed by atoms with van der Waals surface area (Å²) in [5.41, 5.74) is 2.32. The Morgan fingerprint density at radius 2 is 1.79 bits per heavy atom. The Morgan fingerprint density at radius 3 is 2.59 bits per heavy atom. The van der Waals surface area contributed by atoms with Gasteiger partial charge in [0.15, 0.2) is 0 Å². The molecule has 0 unspecified atom stereocenters. The summed E-state index contributed by atoms with van der Waals surface area (Å²) in [5, 5.41) is 3.81. The molecule has 0 saturated heterocycles. The molecule has 1 aromatic rings. The Labute approximate surface area is 178 Å². The van der Waals surface area contributed by atoms with Crippen molar-refractivity contribution in [3.05, 3.63) is 24.5 Å². The van der Waals surface area contributed by atoms with Crippen molar-refractivity contribution in [2.75, 3.05) is 5.32 Å². The van der Waals surface area contributed by atoms with Crippen LogP contribution in [-0.4, -0.2) is 11.0 Å². The van der Waals surface area contributed by atoms with E-state index >= 15 is 0 Å². The number of nitrogens with one attached hydrogen (secondary N) is 1. The van der Waals surface area contributed by atoms with E-state index in [0.717, 1.165) is 35.5 Å². The third-order valence-electron chi connectivity index (χ3n) is 10.2. The molecule has 0 amide bonds. The second-order valence-corrected chi connectivity index (χ2v) is 12.2. The number of anilines is 1. The smallest absolute Gasteiger partial charge is 0.0528 e. The molecule has 4 saturated carbocycles. The van der Waals surface area contributed by atoms with Gasteiger partial charge in [0.2, 0.25) is 0 Å². The molecule has 5 rings (SSSR count). The number of rotatable bonds is 3. The van der Waals surface area contributed by atoms with Crippen LogP contribution >= 0.6 is 0 Å². The molecule has 0 aromatic carbocycles. The zero-order valence-corrected chi connectivity index (χ0v) is 19.2. The Morgan fingerprint density at radius 1 is 0.966 bits per heavy atom. The summed E-state index contributed by atoms with van der Waals surface area (Å²) < 4.78 is 0. The van der Waals surface area contributed by atoms with Crippen LogP contribution in [0.5, 0.6) is 0 Å². The molecule has 0 radical (unpaired) electrons. The summed E-state index contributed by atoms with van der Waals surface area (Å²) in [6.07, 6.45) is 17.3. The van der Waals surface area contributed by atoms with Gasteiger partial charge in [-0.2, -0.15) is 0 Å². The molecule has 4 aliphatic carbocycles. The number of nitrogens with zero attached hydrogens (tertiary/aromatic N) is 1. The first-order chi connectivity index (χ1) is 13.9. The maximum Gasteiger partial charge on any atom is 0.0528 e. The summed E-state index contributed by atoms with van der Waals surface area (Å²) in [7, 11) is 0. The lowest BCUT2D eigenvalue weighted by Crippen LogP contribution is -2.50. The van der Waals surface area contributed by atoms with Gasteiger partial charge in [0, 0.05) is 18.4 Å². The van der Waals surface area contributed by atoms with Crippen molar-refractivity contribution in [3.63, 3.8) is 0 Å². The molecule has 1 heterocycles.